The summed E-state index contributed by atoms with van der Waals surface area (Å²) in [5.41, 5.74) is 2.55. The highest BCUT2D eigenvalue weighted by atomic mass is 35.5. The van der Waals surface area contributed by atoms with Crippen LogP contribution in [0, 0.1) is 0 Å². The molecule has 2 aromatic heterocycles. The summed E-state index contributed by atoms with van der Waals surface area (Å²) in [6.07, 6.45) is 2.18. The van der Waals surface area contributed by atoms with Crippen molar-refractivity contribution < 1.29 is 9.26 Å². The predicted molar refractivity (Wildman–Crippen MR) is 84.3 cm³/mol. The molecule has 24 heavy (non-hydrogen) atoms. The number of benzene rings is 1. The molecule has 0 unspecified atom stereocenters. The van der Waals surface area contributed by atoms with Gasteiger partial charge in [-0.25, -0.2) is 4.68 Å². The molecule has 1 saturated carbocycles. The van der Waals surface area contributed by atoms with Crippen molar-refractivity contribution in [2.45, 2.75) is 38.0 Å². The van der Waals surface area contributed by atoms with E-state index < -0.39 is 0 Å². The van der Waals surface area contributed by atoms with Gasteiger partial charge in [0.1, 0.15) is 6.10 Å². The normalized spacial score (nSPS) is 20.1. The van der Waals surface area contributed by atoms with Crippen molar-refractivity contribution >= 4 is 11.6 Å². The van der Waals surface area contributed by atoms with Gasteiger partial charge in [-0.1, -0.05) is 34.1 Å². The van der Waals surface area contributed by atoms with Gasteiger partial charge in [0.15, 0.2) is 11.5 Å². The quantitative estimate of drug-likeness (QED) is 0.727. The number of aromatic nitrogens is 5. The third-order valence-corrected chi connectivity index (χ3v) is 4.68. The number of hydrogen-bond donors (Lipinski definition) is 0. The van der Waals surface area contributed by atoms with Gasteiger partial charge < -0.3 is 9.26 Å². The SMILES string of the molecule is Clc1ccc([C@H]2Cn3nnc(-c4nc(C5CC5)no4)c3CO2)cc1. The largest absolute Gasteiger partial charge is 0.365 e. The van der Waals surface area contributed by atoms with E-state index in [0.717, 1.165) is 29.9 Å². The van der Waals surface area contributed by atoms with Crippen molar-refractivity contribution in [3.8, 4) is 11.6 Å². The number of fused-ring (bicyclic) bond motifs is 1. The Morgan fingerprint density at radius 3 is 2.79 bits per heavy atom. The summed E-state index contributed by atoms with van der Waals surface area (Å²) in [7, 11) is 0. The molecule has 7 nitrogen and oxygen atoms in total. The van der Waals surface area contributed by atoms with E-state index in [1.807, 2.05) is 28.9 Å². The average molecular weight is 344 g/mol. The molecule has 1 fully saturated rings. The molecule has 1 aliphatic heterocycles. The van der Waals surface area contributed by atoms with E-state index >= 15 is 0 Å². The van der Waals surface area contributed by atoms with Crippen LogP contribution < -0.4 is 0 Å². The Hall–Kier alpha value is -2.25. The van der Waals surface area contributed by atoms with Crippen LogP contribution in [0.1, 0.15) is 41.9 Å². The van der Waals surface area contributed by atoms with Crippen LogP contribution in [0.4, 0.5) is 0 Å². The van der Waals surface area contributed by atoms with Crippen molar-refractivity contribution in [2.24, 2.45) is 0 Å². The Bertz CT molecular complexity index is 884. The summed E-state index contributed by atoms with van der Waals surface area (Å²) in [6.45, 7) is 0.990. The Morgan fingerprint density at radius 2 is 2.00 bits per heavy atom. The predicted octanol–water partition coefficient (Wildman–Crippen LogP) is 3.13. The van der Waals surface area contributed by atoms with Crippen molar-refractivity contribution in [1.82, 2.24) is 25.1 Å². The summed E-state index contributed by atoms with van der Waals surface area (Å²) in [5, 5.41) is 13.2. The second-order valence-electron chi connectivity index (χ2n) is 6.15. The standard InChI is InChI=1S/C16H14ClN5O2/c17-11-5-3-9(4-6-11)13-7-22-12(8-23-13)14(19-21-22)16-18-15(20-24-16)10-1-2-10/h3-6,10,13H,1-2,7-8H2/t13-/m1/s1. The molecule has 8 heteroatoms. The number of rotatable bonds is 3. The second kappa shape index (κ2) is 5.39. The highest BCUT2D eigenvalue weighted by molar-refractivity contribution is 6.30. The molecule has 0 amide bonds. The molecule has 0 radical (unpaired) electrons. The van der Waals surface area contributed by atoms with Crippen LogP contribution in [0.3, 0.4) is 0 Å². The van der Waals surface area contributed by atoms with Crippen LogP contribution >= 0.6 is 11.6 Å². The minimum atomic E-state index is -0.0750. The van der Waals surface area contributed by atoms with Gasteiger partial charge in [0.2, 0.25) is 0 Å². The van der Waals surface area contributed by atoms with Gasteiger partial charge in [0.05, 0.1) is 18.8 Å². The van der Waals surface area contributed by atoms with E-state index in [1.165, 1.54) is 0 Å². The van der Waals surface area contributed by atoms with E-state index in [-0.39, 0.29) is 6.10 Å². The molecule has 0 bridgehead atoms. The Balaban J connectivity index is 1.41. The average Bonchev–Trinajstić information content (AvgIpc) is 3.19. The minimum absolute atomic E-state index is 0.0750. The Labute approximate surface area is 142 Å². The van der Waals surface area contributed by atoms with Gasteiger partial charge in [-0.05, 0) is 30.5 Å². The maximum Gasteiger partial charge on any atom is 0.280 e. The fraction of sp³-hybridized carbons (Fsp3) is 0.375. The van der Waals surface area contributed by atoms with Crippen LogP contribution in [0.25, 0.3) is 11.6 Å². The molecule has 1 aromatic carbocycles. The first-order valence-corrected chi connectivity index (χ1v) is 8.29. The maximum atomic E-state index is 5.98. The Kier molecular flexibility index (Phi) is 3.17. The second-order valence-corrected chi connectivity index (χ2v) is 6.59. The smallest absolute Gasteiger partial charge is 0.280 e. The van der Waals surface area contributed by atoms with Gasteiger partial charge in [-0.2, -0.15) is 4.98 Å². The van der Waals surface area contributed by atoms with E-state index in [4.69, 9.17) is 20.9 Å². The van der Waals surface area contributed by atoms with Gasteiger partial charge >= 0.3 is 0 Å². The van der Waals surface area contributed by atoms with Gasteiger partial charge in [0, 0.05) is 10.9 Å². The molecule has 1 aliphatic carbocycles. The van der Waals surface area contributed by atoms with E-state index in [1.54, 1.807) is 0 Å². The van der Waals surface area contributed by atoms with Crippen LogP contribution in [-0.4, -0.2) is 25.1 Å². The van der Waals surface area contributed by atoms with Crippen LogP contribution in [0.5, 0.6) is 0 Å². The lowest BCUT2D eigenvalue weighted by atomic mass is 10.1. The fourth-order valence-electron chi connectivity index (χ4n) is 2.90. The van der Waals surface area contributed by atoms with E-state index in [2.05, 4.69) is 20.5 Å². The third kappa shape index (κ3) is 2.40. The molecule has 0 saturated heterocycles. The fourth-order valence-corrected chi connectivity index (χ4v) is 3.02. The highest BCUT2D eigenvalue weighted by Gasteiger charge is 2.31. The number of ether oxygens (including phenoxy) is 1. The van der Waals surface area contributed by atoms with Crippen molar-refractivity contribution in [3.63, 3.8) is 0 Å². The van der Waals surface area contributed by atoms with Gasteiger partial charge in [0.25, 0.3) is 5.89 Å². The summed E-state index contributed by atoms with van der Waals surface area (Å²) in [5.74, 6) is 1.63. The Morgan fingerprint density at radius 1 is 1.17 bits per heavy atom. The zero-order valence-corrected chi connectivity index (χ0v) is 13.5. The van der Waals surface area contributed by atoms with Gasteiger partial charge in [-0.3, -0.25) is 0 Å². The number of nitrogens with zero attached hydrogens (tertiary/aromatic N) is 5. The lowest BCUT2D eigenvalue weighted by Crippen LogP contribution is -2.22. The molecule has 3 aromatic rings. The molecule has 2 aliphatic rings. The molecular weight excluding hydrogens is 330 g/mol. The van der Waals surface area contributed by atoms with Crippen molar-refractivity contribution in [3.05, 3.63) is 46.4 Å². The molecule has 122 valence electrons. The molecule has 3 heterocycles. The first kappa shape index (κ1) is 14.1. The van der Waals surface area contributed by atoms with E-state index in [0.29, 0.717) is 35.7 Å². The first-order chi connectivity index (χ1) is 11.8. The molecule has 0 spiro atoms. The van der Waals surface area contributed by atoms with Gasteiger partial charge in [-0.15, -0.1) is 5.10 Å². The highest BCUT2D eigenvalue weighted by Crippen LogP contribution is 2.39. The number of hydrogen-bond acceptors (Lipinski definition) is 6. The third-order valence-electron chi connectivity index (χ3n) is 4.43. The monoisotopic (exact) mass is 343 g/mol. The zero-order chi connectivity index (χ0) is 16.1. The van der Waals surface area contributed by atoms with Crippen molar-refractivity contribution in [2.75, 3.05) is 0 Å². The molecule has 1 atom stereocenters. The summed E-state index contributed by atoms with van der Waals surface area (Å²) in [4.78, 5) is 4.45. The molecular formula is C16H14ClN5O2. The first-order valence-electron chi connectivity index (χ1n) is 7.91. The molecule has 5 rings (SSSR count). The van der Waals surface area contributed by atoms with Crippen LogP contribution in [0.15, 0.2) is 28.8 Å². The zero-order valence-electron chi connectivity index (χ0n) is 12.7. The maximum absolute atomic E-state index is 5.98. The summed E-state index contributed by atoms with van der Waals surface area (Å²) >= 11 is 5.94. The topological polar surface area (TPSA) is 78.9 Å². The minimum Gasteiger partial charge on any atom is -0.365 e. The van der Waals surface area contributed by atoms with E-state index in [9.17, 15) is 0 Å². The summed E-state index contributed by atoms with van der Waals surface area (Å²) in [6, 6.07) is 7.66. The van der Waals surface area contributed by atoms with Crippen molar-refractivity contribution in [1.29, 1.82) is 0 Å². The molecule has 0 N–H and O–H groups in total. The van der Waals surface area contributed by atoms with Crippen LogP contribution in [-0.2, 0) is 17.9 Å². The summed E-state index contributed by atoms with van der Waals surface area (Å²) < 4.78 is 13.2. The number of halogens is 1. The lowest BCUT2D eigenvalue weighted by Gasteiger charge is -2.24. The lowest BCUT2D eigenvalue weighted by molar-refractivity contribution is -0.00117. The van der Waals surface area contributed by atoms with Crippen LogP contribution in [0.2, 0.25) is 5.02 Å².